The Labute approximate surface area is 179 Å². The fourth-order valence-electron chi connectivity index (χ4n) is 3.14. The van der Waals surface area contributed by atoms with Gasteiger partial charge in [0.15, 0.2) is 0 Å². The van der Waals surface area contributed by atoms with Crippen molar-refractivity contribution in [3.63, 3.8) is 0 Å². The summed E-state index contributed by atoms with van der Waals surface area (Å²) in [6.07, 6.45) is 0.920. The zero-order valence-electron chi connectivity index (χ0n) is 17.1. The zero-order chi connectivity index (χ0) is 21.3. The third-order valence-electron chi connectivity index (χ3n) is 4.76. The maximum absolute atomic E-state index is 12.2. The van der Waals surface area contributed by atoms with E-state index in [1.807, 2.05) is 48.5 Å². The van der Waals surface area contributed by atoms with Crippen molar-refractivity contribution in [2.75, 3.05) is 53.3 Å². The first kappa shape index (κ1) is 22.0. The Morgan fingerprint density at radius 2 is 1.40 bits per heavy atom. The number of carbonyl (C=O) groups excluding carboxylic acids is 2. The predicted molar refractivity (Wildman–Crippen MR) is 120 cm³/mol. The largest absolute Gasteiger partial charge is 0.378 e. The minimum Gasteiger partial charge on any atom is -0.378 e. The monoisotopic (exact) mass is 429 g/mol. The van der Waals surface area contributed by atoms with Crippen LogP contribution in [0.3, 0.4) is 0 Å². The Kier molecular flexibility index (Phi) is 7.98. The lowest BCUT2D eigenvalue weighted by molar-refractivity contribution is -0.114. The van der Waals surface area contributed by atoms with Gasteiger partial charge in [-0.2, -0.15) is 0 Å². The van der Waals surface area contributed by atoms with Crippen molar-refractivity contribution >= 4 is 39.7 Å². The van der Waals surface area contributed by atoms with Crippen molar-refractivity contribution in [2.24, 2.45) is 0 Å². The fourth-order valence-corrected chi connectivity index (χ4v) is 3.97. The molecule has 1 fully saturated rings. The minimum atomic E-state index is -1.59. The molecule has 3 rings (SSSR count). The Balaban J connectivity index is 1.43. The van der Waals surface area contributed by atoms with E-state index in [0.29, 0.717) is 24.6 Å². The van der Waals surface area contributed by atoms with Gasteiger partial charge in [-0.05, 0) is 48.4 Å². The molecule has 0 aliphatic carbocycles. The summed E-state index contributed by atoms with van der Waals surface area (Å²) >= 11 is 0. The molecule has 0 unspecified atom stereocenters. The molecular formula is C22H27N3O4S. The highest BCUT2D eigenvalue weighted by Gasteiger charge is 2.14. The summed E-state index contributed by atoms with van der Waals surface area (Å²) in [7, 11) is -1.59. The van der Waals surface area contributed by atoms with Crippen molar-refractivity contribution in [1.82, 2.24) is 0 Å². The first-order valence-corrected chi connectivity index (χ1v) is 11.5. The molecule has 2 amide bonds. The molecule has 1 saturated heterocycles. The van der Waals surface area contributed by atoms with E-state index in [-0.39, 0.29) is 23.3 Å². The van der Waals surface area contributed by atoms with E-state index in [1.54, 1.807) is 0 Å². The molecule has 1 aliphatic heterocycles. The number of hydrogen-bond donors (Lipinski definition) is 2. The maximum Gasteiger partial charge on any atom is 0.237 e. The van der Waals surface area contributed by atoms with Crippen molar-refractivity contribution < 1.29 is 18.5 Å². The van der Waals surface area contributed by atoms with Crippen LogP contribution in [-0.4, -0.2) is 53.8 Å². The van der Waals surface area contributed by atoms with Gasteiger partial charge in [-0.15, -0.1) is 0 Å². The number of morpholine rings is 1. The molecule has 2 N–H and O–H groups in total. The maximum atomic E-state index is 12.2. The van der Waals surface area contributed by atoms with E-state index < -0.39 is 10.8 Å². The summed E-state index contributed by atoms with van der Waals surface area (Å²) in [5.41, 5.74) is 3.53. The quantitative estimate of drug-likeness (QED) is 0.673. The van der Waals surface area contributed by atoms with Crippen LogP contribution in [-0.2, 0) is 31.5 Å². The number of benzene rings is 2. The summed E-state index contributed by atoms with van der Waals surface area (Å²) in [5.74, 6) is -1.21. The average molecular weight is 430 g/mol. The van der Waals surface area contributed by atoms with Gasteiger partial charge >= 0.3 is 0 Å². The molecule has 1 atom stereocenters. The predicted octanol–water partition coefficient (Wildman–Crippen LogP) is 2.41. The van der Waals surface area contributed by atoms with Gasteiger partial charge in [0.25, 0.3) is 0 Å². The van der Waals surface area contributed by atoms with Crippen LogP contribution in [0.1, 0.15) is 12.5 Å². The van der Waals surface area contributed by atoms with E-state index in [1.165, 1.54) is 5.56 Å². The van der Waals surface area contributed by atoms with Gasteiger partial charge < -0.3 is 20.3 Å². The number of rotatable bonds is 8. The van der Waals surface area contributed by atoms with Gasteiger partial charge in [0.05, 0.1) is 13.2 Å². The Hall–Kier alpha value is -2.71. The molecule has 0 aromatic heterocycles. The first-order valence-electron chi connectivity index (χ1n) is 10.00. The third-order valence-corrected chi connectivity index (χ3v) is 5.93. The molecule has 160 valence electrons. The summed E-state index contributed by atoms with van der Waals surface area (Å²) in [6, 6.07) is 15.0. The van der Waals surface area contributed by atoms with Crippen LogP contribution in [0.25, 0.3) is 0 Å². The Morgan fingerprint density at radius 3 is 1.90 bits per heavy atom. The van der Waals surface area contributed by atoms with Gasteiger partial charge in [0.2, 0.25) is 11.8 Å². The first-order chi connectivity index (χ1) is 14.5. The normalized spacial score (nSPS) is 14.8. The lowest BCUT2D eigenvalue weighted by Crippen LogP contribution is -2.36. The van der Waals surface area contributed by atoms with Crippen molar-refractivity contribution in [1.29, 1.82) is 0 Å². The van der Waals surface area contributed by atoms with Crippen LogP contribution in [0, 0.1) is 0 Å². The van der Waals surface area contributed by atoms with Crippen LogP contribution in [0.15, 0.2) is 48.5 Å². The van der Waals surface area contributed by atoms with Gasteiger partial charge in [-0.3, -0.25) is 13.8 Å². The fraction of sp³-hybridized carbons (Fsp3) is 0.364. The smallest absolute Gasteiger partial charge is 0.237 e. The van der Waals surface area contributed by atoms with Crippen LogP contribution < -0.4 is 15.5 Å². The van der Waals surface area contributed by atoms with Gasteiger partial charge in [-0.25, -0.2) is 0 Å². The van der Waals surface area contributed by atoms with Gasteiger partial charge in [0, 0.05) is 41.0 Å². The van der Waals surface area contributed by atoms with Crippen molar-refractivity contribution in [3.05, 3.63) is 54.1 Å². The molecule has 2 aromatic rings. The SMILES string of the molecule is CCc1ccc(NC(=O)C[S@](=O)CC(=O)Nc2ccc(N3CCOCC3)cc2)cc1. The van der Waals surface area contributed by atoms with Gasteiger partial charge in [-0.1, -0.05) is 19.1 Å². The number of anilines is 3. The molecule has 0 spiro atoms. The van der Waals surface area contributed by atoms with Crippen molar-refractivity contribution in [2.45, 2.75) is 13.3 Å². The van der Waals surface area contributed by atoms with Crippen LogP contribution in [0.2, 0.25) is 0 Å². The van der Waals surface area contributed by atoms with Gasteiger partial charge in [0.1, 0.15) is 11.5 Å². The molecule has 7 nitrogen and oxygen atoms in total. The molecule has 1 heterocycles. The molecular weight excluding hydrogens is 402 g/mol. The highest BCUT2D eigenvalue weighted by Crippen LogP contribution is 2.19. The third kappa shape index (κ3) is 6.67. The second kappa shape index (κ2) is 10.9. The topological polar surface area (TPSA) is 87.7 Å². The van der Waals surface area contributed by atoms with E-state index in [9.17, 15) is 13.8 Å². The summed E-state index contributed by atoms with van der Waals surface area (Å²) in [6.45, 7) is 5.16. The highest BCUT2D eigenvalue weighted by molar-refractivity contribution is 7.86. The Morgan fingerprint density at radius 1 is 0.900 bits per heavy atom. The molecule has 2 aromatic carbocycles. The number of amides is 2. The van der Waals surface area contributed by atoms with Crippen molar-refractivity contribution in [3.8, 4) is 0 Å². The van der Waals surface area contributed by atoms with Crippen LogP contribution >= 0.6 is 0 Å². The Bertz CT molecular complexity index is 878. The molecule has 30 heavy (non-hydrogen) atoms. The summed E-state index contributed by atoms with van der Waals surface area (Å²) in [4.78, 5) is 26.4. The number of ether oxygens (including phenoxy) is 1. The summed E-state index contributed by atoms with van der Waals surface area (Å²) in [5, 5.41) is 5.44. The second-order valence-corrected chi connectivity index (χ2v) is 8.48. The molecule has 8 heteroatoms. The number of aryl methyl sites for hydroxylation is 1. The second-order valence-electron chi connectivity index (χ2n) is 7.02. The zero-order valence-corrected chi connectivity index (χ0v) is 17.9. The van der Waals surface area contributed by atoms with E-state index in [4.69, 9.17) is 4.74 Å². The minimum absolute atomic E-state index is 0.223. The van der Waals surface area contributed by atoms with Crippen LogP contribution in [0.4, 0.5) is 17.1 Å². The standard InChI is InChI=1S/C22H27N3O4S/c1-2-17-3-5-18(6-4-17)23-21(26)15-30(28)16-22(27)24-19-7-9-20(10-8-19)25-11-13-29-14-12-25/h3-10H,2,11-16H2,1H3,(H,23,26)(H,24,27)/t30-/m0/s1. The number of nitrogens with zero attached hydrogens (tertiary/aromatic N) is 1. The number of hydrogen-bond acceptors (Lipinski definition) is 5. The molecule has 0 saturated carbocycles. The van der Waals surface area contributed by atoms with E-state index >= 15 is 0 Å². The van der Waals surface area contributed by atoms with Crippen LogP contribution in [0.5, 0.6) is 0 Å². The van der Waals surface area contributed by atoms with E-state index in [0.717, 1.165) is 25.2 Å². The molecule has 0 radical (unpaired) electrons. The number of carbonyl (C=O) groups is 2. The average Bonchev–Trinajstić information content (AvgIpc) is 2.75. The number of nitrogens with one attached hydrogen (secondary N) is 2. The lowest BCUT2D eigenvalue weighted by atomic mass is 10.1. The highest BCUT2D eigenvalue weighted by atomic mass is 32.2. The molecule has 0 bridgehead atoms. The van der Waals surface area contributed by atoms with E-state index in [2.05, 4.69) is 22.5 Å². The molecule has 1 aliphatic rings. The summed E-state index contributed by atoms with van der Waals surface area (Å²) < 4.78 is 17.5. The lowest BCUT2D eigenvalue weighted by Gasteiger charge is -2.28.